The van der Waals surface area contributed by atoms with Crippen LogP contribution in [0.3, 0.4) is 0 Å². The van der Waals surface area contributed by atoms with Crippen LogP contribution in [0.25, 0.3) is 0 Å². The van der Waals surface area contributed by atoms with Crippen LogP contribution in [0.1, 0.15) is 11.1 Å². The zero-order chi connectivity index (χ0) is 11.4. The minimum Gasteiger partial charge on any atom is -0.489 e. The van der Waals surface area contributed by atoms with Gasteiger partial charge < -0.3 is 4.74 Å². The number of ether oxygens (including phenoxy) is 1. The molecule has 0 saturated heterocycles. The van der Waals surface area contributed by atoms with Gasteiger partial charge in [-0.15, -0.1) is 0 Å². The van der Waals surface area contributed by atoms with Gasteiger partial charge in [0.15, 0.2) is 0 Å². The molecule has 0 radical (unpaired) electrons. The van der Waals surface area contributed by atoms with Gasteiger partial charge in [0.1, 0.15) is 12.4 Å². The molecule has 0 N–H and O–H groups in total. The molecule has 0 spiro atoms. The predicted octanol–water partition coefficient (Wildman–Crippen LogP) is 3.62. The first-order chi connectivity index (χ1) is 7.75. The molecule has 2 rings (SSSR count). The lowest BCUT2D eigenvalue weighted by Crippen LogP contribution is -1.96. The zero-order valence-electron chi connectivity index (χ0n) is 8.98. The van der Waals surface area contributed by atoms with E-state index in [-0.39, 0.29) is 0 Å². The Balaban J connectivity index is 2.02. The average Bonchev–Trinajstić information content (AvgIpc) is 2.30. The molecule has 0 aliphatic carbocycles. The molecule has 0 unspecified atom stereocenters. The summed E-state index contributed by atoms with van der Waals surface area (Å²) in [5.41, 5.74) is 2.16. The quantitative estimate of drug-likeness (QED) is 0.808. The molecule has 16 heavy (non-hydrogen) atoms. The highest BCUT2D eigenvalue weighted by molar-refractivity contribution is 6.31. The Hall–Kier alpha value is -1.54. The van der Waals surface area contributed by atoms with Crippen LogP contribution in [0, 0.1) is 6.92 Å². The topological polar surface area (TPSA) is 22.1 Å². The van der Waals surface area contributed by atoms with Gasteiger partial charge in [-0.2, -0.15) is 0 Å². The van der Waals surface area contributed by atoms with Crippen LogP contribution in [0.4, 0.5) is 0 Å². The van der Waals surface area contributed by atoms with Gasteiger partial charge >= 0.3 is 0 Å². The van der Waals surface area contributed by atoms with Crippen molar-refractivity contribution in [3.63, 3.8) is 0 Å². The number of hydrogen-bond donors (Lipinski definition) is 0. The van der Waals surface area contributed by atoms with Crippen molar-refractivity contribution in [2.75, 3.05) is 0 Å². The fourth-order valence-corrected chi connectivity index (χ4v) is 1.49. The largest absolute Gasteiger partial charge is 0.489 e. The van der Waals surface area contributed by atoms with Crippen molar-refractivity contribution in [3.8, 4) is 5.75 Å². The maximum absolute atomic E-state index is 5.97. The van der Waals surface area contributed by atoms with E-state index in [1.807, 2.05) is 37.3 Å². The van der Waals surface area contributed by atoms with E-state index in [2.05, 4.69) is 4.98 Å². The molecule has 0 bridgehead atoms. The van der Waals surface area contributed by atoms with E-state index in [0.717, 1.165) is 11.3 Å². The van der Waals surface area contributed by atoms with Gasteiger partial charge in [0.25, 0.3) is 0 Å². The van der Waals surface area contributed by atoms with Crippen LogP contribution in [0.5, 0.6) is 5.75 Å². The molecule has 0 amide bonds. The van der Waals surface area contributed by atoms with Gasteiger partial charge in [0.05, 0.1) is 5.02 Å². The van der Waals surface area contributed by atoms with E-state index in [4.69, 9.17) is 16.3 Å². The van der Waals surface area contributed by atoms with E-state index in [0.29, 0.717) is 11.6 Å². The summed E-state index contributed by atoms with van der Waals surface area (Å²) < 4.78 is 5.62. The zero-order valence-corrected chi connectivity index (χ0v) is 9.74. The monoisotopic (exact) mass is 233 g/mol. The summed E-state index contributed by atoms with van der Waals surface area (Å²) >= 11 is 5.97. The third-order valence-corrected chi connectivity index (χ3v) is 2.61. The normalized spacial score (nSPS) is 10.1. The maximum atomic E-state index is 5.97. The second kappa shape index (κ2) is 4.99. The molecule has 1 heterocycles. The van der Waals surface area contributed by atoms with Gasteiger partial charge in [0.2, 0.25) is 0 Å². The molecule has 0 aliphatic rings. The fourth-order valence-electron chi connectivity index (χ4n) is 1.32. The highest BCUT2D eigenvalue weighted by atomic mass is 35.5. The SMILES string of the molecule is Cc1ccc(OCc2ccncc2Cl)cc1. The molecule has 1 aromatic carbocycles. The van der Waals surface area contributed by atoms with Crippen LogP contribution < -0.4 is 4.74 Å². The van der Waals surface area contributed by atoms with Gasteiger partial charge in [-0.1, -0.05) is 29.3 Å². The van der Waals surface area contributed by atoms with Crippen LogP contribution >= 0.6 is 11.6 Å². The number of rotatable bonds is 3. The molecule has 2 nitrogen and oxygen atoms in total. The number of aryl methyl sites for hydroxylation is 1. The number of aromatic nitrogens is 1. The van der Waals surface area contributed by atoms with Crippen LogP contribution in [0.15, 0.2) is 42.7 Å². The lowest BCUT2D eigenvalue weighted by atomic mass is 10.2. The Labute approximate surface area is 99.9 Å². The first kappa shape index (κ1) is 11.0. The number of benzene rings is 1. The molecule has 0 fully saturated rings. The molecule has 82 valence electrons. The van der Waals surface area contributed by atoms with Crippen molar-refractivity contribution in [1.29, 1.82) is 0 Å². The van der Waals surface area contributed by atoms with Gasteiger partial charge in [-0.3, -0.25) is 4.98 Å². The Bertz CT molecular complexity index is 468. The number of pyridine rings is 1. The second-order valence-corrected chi connectivity index (χ2v) is 3.98. The van der Waals surface area contributed by atoms with E-state index in [1.54, 1.807) is 12.4 Å². The van der Waals surface area contributed by atoms with Gasteiger partial charge in [0, 0.05) is 18.0 Å². The van der Waals surface area contributed by atoms with Gasteiger partial charge in [-0.25, -0.2) is 0 Å². The smallest absolute Gasteiger partial charge is 0.119 e. The van der Waals surface area contributed by atoms with Crippen molar-refractivity contribution < 1.29 is 4.74 Å². The van der Waals surface area contributed by atoms with E-state index < -0.39 is 0 Å². The lowest BCUT2D eigenvalue weighted by Gasteiger charge is -2.07. The fraction of sp³-hybridized carbons (Fsp3) is 0.154. The van der Waals surface area contributed by atoms with E-state index in [9.17, 15) is 0 Å². The summed E-state index contributed by atoms with van der Waals surface area (Å²) in [5.74, 6) is 0.846. The summed E-state index contributed by atoms with van der Waals surface area (Å²) in [6.07, 6.45) is 3.33. The maximum Gasteiger partial charge on any atom is 0.119 e. The van der Waals surface area contributed by atoms with Crippen molar-refractivity contribution in [2.24, 2.45) is 0 Å². The summed E-state index contributed by atoms with van der Waals surface area (Å²) in [5, 5.41) is 0.634. The summed E-state index contributed by atoms with van der Waals surface area (Å²) in [6.45, 7) is 2.51. The molecular formula is C13H12ClNO. The third-order valence-electron chi connectivity index (χ3n) is 2.27. The van der Waals surface area contributed by atoms with E-state index in [1.165, 1.54) is 5.56 Å². The van der Waals surface area contributed by atoms with E-state index >= 15 is 0 Å². The van der Waals surface area contributed by atoms with Crippen molar-refractivity contribution in [3.05, 3.63) is 58.9 Å². The summed E-state index contributed by atoms with van der Waals surface area (Å²) in [6, 6.07) is 9.79. The van der Waals surface area contributed by atoms with Crippen LogP contribution in [0.2, 0.25) is 5.02 Å². The Morgan fingerprint density at radius 2 is 1.94 bits per heavy atom. The first-order valence-electron chi connectivity index (χ1n) is 5.03. The number of nitrogens with zero attached hydrogens (tertiary/aromatic N) is 1. The van der Waals surface area contributed by atoms with Crippen molar-refractivity contribution in [2.45, 2.75) is 13.5 Å². The van der Waals surface area contributed by atoms with Crippen molar-refractivity contribution >= 4 is 11.6 Å². The Morgan fingerprint density at radius 1 is 1.19 bits per heavy atom. The molecule has 2 aromatic rings. The second-order valence-electron chi connectivity index (χ2n) is 3.57. The van der Waals surface area contributed by atoms with Crippen molar-refractivity contribution in [1.82, 2.24) is 4.98 Å². The average molecular weight is 234 g/mol. The highest BCUT2D eigenvalue weighted by Gasteiger charge is 2.00. The van der Waals surface area contributed by atoms with Gasteiger partial charge in [-0.05, 0) is 25.1 Å². The predicted molar refractivity (Wildman–Crippen MR) is 64.8 cm³/mol. The molecule has 0 atom stereocenters. The Kier molecular flexibility index (Phi) is 3.42. The minimum atomic E-state index is 0.463. The lowest BCUT2D eigenvalue weighted by molar-refractivity contribution is 0.306. The minimum absolute atomic E-state index is 0.463. The number of halogens is 1. The molecular weight excluding hydrogens is 222 g/mol. The molecule has 3 heteroatoms. The molecule has 0 saturated carbocycles. The third kappa shape index (κ3) is 2.74. The standard InChI is InChI=1S/C13H12ClNO/c1-10-2-4-12(5-3-10)16-9-11-6-7-15-8-13(11)14/h2-8H,9H2,1H3. The summed E-state index contributed by atoms with van der Waals surface area (Å²) in [7, 11) is 0. The first-order valence-corrected chi connectivity index (χ1v) is 5.41. The molecule has 1 aromatic heterocycles. The molecule has 0 aliphatic heterocycles. The van der Waals surface area contributed by atoms with Crippen LogP contribution in [-0.4, -0.2) is 4.98 Å². The summed E-state index contributed by atoms with van der Waals surface area (Å²) in [4.78, 5) is 3.92. The van der Waals surface area contributed by atoms with Crippen LogP contribution in [-0.2, 0) is 6.61 Å². The Morgan fingerprint density at radius 3 is 2.62 bits per heavy atom. The number of hydrogen-bond acceptors (Lipinski definition) is 2. The highest BCUT2D eigenvalue weighted by Crippen LogP contribution is 2.17.